The molecule has 11 heteroatoms. The molecule has 0 spiro atoms. The summed E-state index contributed by atoms with van der Waals surface area (Å²) in [6, 6.07) is 15.8. The average Bonchev–Trinajstić information content (AvgIpc) is 3.49. The first kappa shape index (κ1) is 21.7. The number of ether oxygens (including phenoxy) is 3. The van der Waals surface area contributed by atoms with Gasteiger partial charge in [0.15, 0.2) is 17.1 Å². The summed E-state index contributed by atoms with van der Waals surface area (Å²) in [4.78, 5) is 24.2. The van der Waals surface area contributed by atoms with Crippen molar-refractivity contribution >= 4 is 35.0 Å². The summed E-state index contributed by atoms with van der Waals surface area (Å²) in [5, 5.41) is 16.2. The Kier molecular flexibility index (Phi) is 6.00. The number of carbonyl (C=O) groups excluding carboxylic acids is 2. The molecule has 0 atom stereocenters. The minimum atomic E-state index is -0.401. The summed E-state index contributed by atoms with van der Waals surface area (Å²) in [6.45, 7) is 2.25. The van der Waals surface area contributed by atoms with E-state index in [0.717, 1.165) is 5.56 Å². The van der Waals surface area contributed by atoms with Gasteiger partial charge in [-0.25, -0.2) is 4.79 Å². The molecule has 0 unspecified atom stereocenters. The van der Waals surface area contributed by atoms with Crippen molar-refractivity contribution in [2.75, 3.05) is 24.5 Å². The third kappa shape index (κ3) is 4.50. The van der Waals surface area contributed by atoms with E-state index < -0.39 is 5.97 Å². The van der Waals surface area contributed by atoms with Gasteiger partial charge in [-0.15, -0.1) is 10.2 Å². The number of thioether (sulfide) groups is 1. The van der Waals surface area contributed by atoms with Gasteiger partial charge in [0.2, 0.25) is 17.9 Å². The Morgan fingerprint density at radius 1 is 1.06 bits per heavy atom. The number of aromatic nitrogens is 4. The summed E-state index contributed by atoms with van der Waals surface area (Å²) >= 11 is 1.22. The molecule has 1 amide bonds. The number of benzene rings is 2. The van der Waals surface area contributed by atoms with E-state index >= 15 is 0 Å². The second kappa shape index (κ2) is 9.40. The third-order valence-corrected chi connectivity index (χ3v) is 5.83. The molecule has 0 saturated carbocycles. The molecule has 2 aromatic carbocycles. The highest BCUT2D eigenvalue weighted by Gasteiger charge is 2.16. The third-order valence-electron chi connectivity index (χ3n) is 4.91. The zero-order chi connectivity index (χ0) is 23.5. The van der Waals surface area contributed by atoms with Crippen molar-refractivity contribution in [3.8, 4) is 22.8 Å². The molecule has 0 aliphatic carbocycles. The molecule has 1 N–H and O–H groups in total. The van der Waals surface area contributed by atoms with Crippen LogP contribution in [0.3, 0.4) is 0 Å². The minimum absolute atomic E-state index is 0.107. The Hall–Kier alpha value is -4.12. The lowest BCUT2D eigenvalue weighted by atomic mass is 10.1. The number of carbonyl (C=O) groups is 2. The zero-order valence-corrected chi connectivity index (χ0v) is 18.9. The SMILES string of the molecule is CCOC(=O)c1ccc(NC(=O)CSc2nnc3ccc(-c4ccc5c(c4)OCO5)nn23)cc1. The molecule has 1 aliphatic rings. The van der Waals surface area contributed by atoms with Crippen molar-refractivity contribution in [3.63, 3.8) is 0 Å². The van der Waals surface area contributed by atoms with E-state index in [1.54, 1.807) is 35.7 Å². The molecule has 34 heavy (non-hydrogen) atoms. The second-order valence-electron chi connectivity index (χ2n) is 7.17. The van der Waals surface area contributed by atoms with E-state index in [1.807, 2.05) is 30.3 Å². The van der Waals surface area contributed by atoms with Crippen molar-refractivity contribution in [2.24, 2.45) is 0 Å². The van der Waals surface area contributed by atoms with E-state index in [9.17, 15) is 9.59 Å². The first-order valence-electron chi connectivity index (χ1n) is 10.4. The monoisotopic (exact) mass is 477 g/mol. The molecule has 2 aromatic heterocycles. The van der Waals surface area contributed by atoms with E-state index in [2.05, 4.69) is 20.6 Å². The number of hydrogen-bond donors (Lipinski definition) is 1. The van der Waals surface area contributed by atoms with Crippen LogP contribution in [-0.4, -0.2) is 50.8 Å². The Labute approximate surface area is 198 Å². The Morgan fingerprint density at radius 3 is 2.71 bits per heavy atom. The van der Waals surface area contributed by atoms with Gasteiger partial charge in [-0.2, -0.15) is 9.61 Å². The van der Waals surface area contributed by atoms with Crippen LogP contribution < -0.4 is 14.8 Å². The maximum atomic E-state index is 12.4. The summed E-state index contributed by atoms with van der Waals surface area (Å²) < 4.78 is 17.4. The summed E-state index contributed by atoms with van der Waals surface area (Å²) in [7, 11) is 0. The molecule has 5 rings (SSSR count). The lowest BCUT2D eigenvalue weighted by molar-refractivity contribution is -0.113. The van der Waals surface area contributed by atoms with Gasteiger partial charge in [0.25, 0.3) is 0 Å². The standard InChI is InChI=1S/C23H19N5O5S/c1-2-31-22(30)14-3-6-16(7-4-14)24-21(29)12-34-23-26-25-20-10-8-17(27-28(20)23)15-5-9-18-19(11-15)33-13-32-18/h3-11H,2,12-13H2,1H3,(H,24,29). The first-order chi connectivity index (χ1) is 16.6. The van der Waals surface area contributed by atoms with Gasteiger partial charge in [-0.05, 0) is 61.5 Å². The van der Waals surface area contributed by atoms with Gasteiger partial charge in [-0.1, -0.05) is 11.8 Å². The molecule has 0 radical (unpaired) electrons. The van der Waals surface area contributed by atoms with Crippen molar-refractivity contribution in [2.45, 2.75) is 12.1 Å². The number of amides is 1. The molecule has 10 nitrogen and oxygen atoms in total. The predicted molar refractivity (Wildman–Crippen MR) is 124 cm³/mol. The molecule has 3 heterocycles. The number of rotatable bonds is 7. The van der Waals surface area contributed by atoms with Crippen LogP contribution in [0.1, 0.15) is 17.3 Å². The average molecular weight is 478 g/mol. The van der Waals surface area contributed by atoms with Crippen LogP contribution in [0, 0.1) is 0 Å². The van der Waals surface area contributed by atoms with Gasteiger partial charge >= 0.3 is 5.97 Å². The maximum absolute atomic E-state index is 12.4. The largest absolute Gasteiger partial charge is 0.462 e. The van der Waals surface area contributed by atoms with Crippen molar-refractivity contribution in [1.29, 1.82) is 0 Å². The van der Waals surface area contributed by atoms with Crippen molar-refractivity contribution < 1.29 is 23.8 Å². The fourth-order valence-corrected chi connectivity index (χ4v) is 3.99. The lowest BCUT2D eigenvalue weighted by Gasteiger charge is -2.06. The molecule has 4 aromatic rings. The van der Waals surface area contributed by atoms with Gasteiger partial charge in [0.1, 0.15) is 0 Å². The van der Waals surface area contributed by atoms with Gasteiger partial charge in [-0.3, -0.25) is 4.79 Å². The number of anilines is 1. The summed E-state index contributed by atoms with van der Waals surface area (Å²) in [6.07, 6.45) is 0. The van der Waals surface area contributed by atoms with Crippen LogP contribution in [0.2, 0.25) is 0 Å². The van der Waals surface area contributed by atoms with Gasteiger partial charge < -0.3 is 19.5 Å². The van der Waals surface area contributed by atoms with Gasteiger partial charge in [0, 0.05) is 11.3 Å². The number of fused-ring (bicyclic) bond motifs is 2. The fourth-order valence-electron chi connectivity index (χ4n) is 3.30. The lowest BCUT2D eigenvalue weighted by Crippen LogP contribution is -2.14. The van der Waals surface area contributed by atoms with E-state index in [4.69, 9.17) is 14.2 Å². The zero-order valence-electron chi connectivity index (χ0n) is 18.1. The van der Waals surface area contributed by atoms with Crippen LogP contribution in [0.4, 0.5) is 5.69 Å². The highest BCUT2D eigenvalue weighted by Crippen LogP contribution is 2.35. The van der Waals surface area contributed by atoms with Crippen LogP contribution in [0.5, 0.6) is 11.5 Å². The molecule has 1 aliphatic heterocycles. The summed E-state index contributed by atoms with van der Waals surface area (Å²) in [5.41, 5.74) is 3.14. The maximum Gasteiger partial charge on any atom is 0.338 e. The topological polar surface area (TPSA) is 117 Å². The molecular formula is C23H19N5O5S. The van der Waals surface area contributed by atoms with Gasteiger partial charge in [0.05, 0.1) is 23.6 Å². The molecule has 0 fully saturated rings. The number of nitrogens with zero attached hydrogens (tertiary/aromatic N) is 4. The molecule has 0 saturated heterocycles. The molecular weight excluding hydrogens is 458 g/mol. The van der Waals surface area contributed by atoms with E-state index in [0.29, 0.717) is 45.9 Å². The second-order valence-corrected chi connectivity index (χ2v) is 8.12. The first-order valence-corrected chi connectivity index (χ1v) is 11.4. The molecule has 0 bridgehead atoms. The van der Waals surface area contributed by atoms with Crippen molar-refractivity contribution in [1.82, 2.24) is 19.8 Å². The highest BCUT2D eigenvalue weighted by molar-refractivity contribution is 7.99. The smallest absolute Gasteiger partial charge is 0.338 e. The highest BCUT2D eigenvalue weighted by atomic mass is 32.2. The molecule has 172 valence electrons. The van der Waals surface area contributed by atoms with Crippen LogP contribution >= 0.6 is 11.8 Å². The quantitative estimate of drug-likeness (QED) is 0.316. The van der Waals surface area contributed by atoms with E-state index in [1.165, 1.54) is 11.8 Å². The normalized spacial score (nSPS) is 12.0. The minimum Gasteiger partial charge on any atom is -0.462 e. The Bertz CT molecular complexity index is 1370. The van der Waals surface area contributed by atoms with E-state index in [-0.39, 0.29) is 18.5 Å². The van der Waals surface area contributed by atoms with Crippen LogP contribution in [0.25, 0.3) is 16.9 Å². The Morgan fingerprint density at radius 2 is 1.88 bits per heavy atom. The van der Waals surface area contributed by atoms with Crippen molar-refractivity contribution in [3.05, 3.63) is 60.2 Å². The number of esters is 1. The van der Waals surface area contributed by atoms with Crippen LogP contribution in [0.15, 0.2) is 59.8 Å². The number of hydrogen-bond acceptors (Lipinski definition) is 9. The Balaban J connectivity index is 1.25. The number of nitrogens with one attached hydrogen (secondary N) is 1. The predicted octanol–water partition coefficient (Wildman–Crippen LogP) is 3.43. The fraction of sp³-hybridized carbons (Fsp3) is 0.174. The summed E-state index contributed by atoms with van der Waals surface area (Å²) in [5.74, 6) is 0.854. The van der Waals surface area contributed by atoms with Crippen LogP contribution in [-0.2, 0) is 9.53 Å².